The molecule has 6 aromatic rings. The lowest BCUT2D eigenvalue weighted by atomic mass is 9.77. The van der Waals surface area contributed by atoms with Crippen LogP contribution < -0.4 is 46.8 Å². The van der Waals surface area contributed by atoms with Crippen LogP contribution in [0, 0.1) is 0 Å². The lowest BCUT2D eigenvalue weighted by Gasteiger charge is -2.36. The molecule has 0 saturated carbocycles. The standard InChI is InChI=1S/C59H61N9O19/c1-80-25-27-82-46(70)19-21-48(72)84-36-13-15-39-43(29-36)86-44-30-37(85-49(73)22-20-47(71)83-28-26-81-2)14-16-40(44)59(39)41-8-6-7-38(50(41)57(79)87-59)54(75)62-24-5-3-4-23-61-45(69)18-17-42(56(77)78)66-53(74)33-9-11-34(12-10-33)63-31-35-32-64-52-51(65-35)55(76)68-58(60)67-52/h6-16,29-30,32,42,63H,3-5,17-28,31H2,1-2H3,(H,61,69)(H,62,75)(H,66,74)(H,77,78)(H3,60,64,67,68,76). The molecule has 4 heterocycles. The fraction of sp³-hybridized carbons (Fsp3) is 0.339. The minimum atomic E-state index is -1.76. The summed E-state index contributed by atoms with van der Waals surface area (Å²) in [5.41, 5.74) is 5.39. The first-order valence-corrected chi connectivity index (χ1v) is 27.4. The fourth-order valence-electron chi connectivity index (χ4n) is 9.24. The van der Waals surface area contributed by atoms with Gasteiger partial charge in [0.15, 0.2) is 16.8 Å². The number of esters is 5. The number of methoxy groups -OCH3 is 2. The van der Waals surface area contributed by atoms with Gasteiger partial charge in [0.1, 0.15) is 42.3 Å². The minimum Gasteiger partial charge on any atom is -0.480 e. The number of rotatable bonds is 30. The molecule has 8 N–H and O–H groups in total. The number of anilines is 2. The van der Waals surface area contributed by atoms with Crippen molar-refractivity contribution < 1.29 is 86.2 Å². The molecule has 456 valence electrons. The molecule has 1 unspecified atom stereocenters. The largest absolute Gasteiger partial charge is 0.480 e. The highest BCUT2D eigenvalue weighted by Gasteiger charge is 2.55. The number of ether oxygens (including phenoxy) is 8. The molecule has 0 bridgehead atoms. The van der Waals surface area contributed by atoms with Crippen LogP contribution in [0.5, 0.6) is 23.0 Å². The number of nitrogens with zero attached hydrogens (tertiary/aromatic N) is 3. The fourth-order valence-corrected chi connectivity index (χ4v) is 9.24. The van der Waals surface area contributed by atoms with Gasteiger partial charge < -0.3 is 70.0 Å². The van der Waals surface area contributed by atoms with Crippen molar-refractivity contribution in [2.45, 2.75) is 76.0 Å². The number of H-pyrrole nitrogens is 1. The van der Waals surface area contributed by atoms with Crippen LogP contribution in [0.15, 0.2) is 89.9 Å². The predicted octanol–water partition coefficient (Wildman–Crippen LogP) is 3.91. The van der Waals surface area contributed by atoms with E-state index in [1.807, 2.05) is 0 Å². The van der Waals surface area contributed by atoms with Crippen LogP contribution in [0.4, 0.5) is 11.6 Å². The molecule has 87 heavy (non-hydrogen) atoms. The number of carbonyl (C=O) groups excluding carboxylic acids is 8. The molecular formula is C59H61N9O19. The van der Waals surface area contributed by atoms with E-state index < -0.39 is 70.7 Å². The van der Waals surface area contributed by atoms with E-state index >= 15 is 0 Å². The van der Waals surface area contributed by atoms with Crippen molar-refractivity contribution in [3.63, 3.8) is 0 Å². The number of hydrogen-bond donors (Lipinski definition) is 7. The number of carboxylic acid groups (broad SMARTS) is 1. The molecule has 0 radical (unpaired) electrons. The summed E-state index contributed by atoms with van der Waals surface area (Å²) < 4.78 is 43.6. The number of nitrogens with one attached hydrogen (secondary N) is 5. The topological polar surface area (TPSA) is 393 Å². The number of nitrogen functional groups attached to an aromatic ring is 1. The van der Waals surface area contributed by atoms with Crippen molar-refractivity contribution in [2.75, 3.05) is 64.8 Å². The van der Waals surface area contributed by atoms with E-state index in [4.69, 9.17) is 43.6 Å². The molecular weight excluding hydrogens is 1140 g/mol. The number of benzene rings is 4. The molecule has 28 heteroatoms. The highest BCUT2D eigenvalue weighted by molar-refractivity contribution is 6.09. The smallest absolute Gasteiger partial charge is 0.340 e. The van der Waals surface area contributed by atoms with Gasteiger partial charge in [0.25, 0.3) is 17.4 Å². The van der Waals surface area contributed by atoms with Crippen molar-refractivity contribution in [1.82, 2.24) is 35.9 Å². The van der Waals surface area contributed by atoms with Crippen LogP contribution in [-0.2, 0) is 64.6 Å². The number of carbonyl (C=O) groups is 9. The van der Waals surface area contributed by atoms with Gasteiger partial charge in [0, 0.05) is 73.8 Å². The van der Waals surface area contributed by atoms with Crippen LogP contribution in [0.3, 0.4) is 0 Å². The molecule has 28 nitrogen and oxygen atoms in total. The number of unbranched alkanes of at least 4 members (excludes halogenated alkanes) is 2. The van der Waals surface area contributed by atoms with Gasteiger partial charge in [-0.15, -0.1) is 0 Å². The number of hydrogen-bond acceptors (Lipinski definition) is 23. The second-order valence-electron chi connectivity index (χ2n) is 19.6. The lowest BCUT2D eigenvalue weighted by molar-refractivity contribution is -0.148. The molecule has 8 rings (SSSR count). The molecule has 2 aromatic heterocycles. The summed E-state index contributed by atoms with van der Waals surface area (Å²) in [5, 5.41) is 21.0. The molecule has 3 amide bonds. The Morgan fingerprint density at radius 2 is 1.30 bits per heavy atom. The number of aromatic nitrogens is 4. The normalized spacial score (nSPS) is 12.7. The van der Waals surface area contributed by atoms with Crippen LogP contribution in [0.25, 0.3) is 11.2 Å². The Kier molecular flexibility index (Phi) is 21.2. The van der Waals surface area contributed by atoms with E-state index in [2.05, 4.69) is 41.2 Å². The minimum absolute atomic E-state index is 0.00602. The van der Waals surface area contributed by atoms with Crippen LogP contribution in [-0.4, -0.2) is 138 Å². The quantitative estimate of drug-likeness (QED) is 0.0145. The molecule has 1 spiro atoms. The monoisotopic (exact) mass is 1200 g/mol. The Morgan fingerprint density at radius 1 is 0.690 bits per heavy atom. The van der Waals surface area contributed by atoms with Crippen molar-refractivity contribution in [3.05, 3.63) is 134 Å². The van der Waals surface area contributed by atoms with Crippen molar-refractivity contribution in [1.29, 1.82) is 0 Å². The first-order valence-electron chi connectivity index (χ1n) is 27.4. The van der Waals surface area contributed by atoms with Crippen molar-refractivity contribution in [3.8, 4) is 23.0 Å². The van der Waals surface area contributed by atoms with Gasteiger partial charge in [-0.1, -0.05) is 12.1 Å². The number of aliphatic carboxylic acids is 1. The molecule has 0 fully saturated rings. The average molecular weight is 1200 g/mol. The van der Waals surface area contributed by atoms with E-state index in [9.17, 15) is 53.1 Å². The Bertz CT molecular complexity index is 3560. The van der Waals surface area contributed by atoms with E-state index in [0.717, 1.165) is 0 Å². The first kappa shape index (κ1) is 62.7. The Morgan fingerprint density at radius 3 is 1.91 bits per heavy atom. The maximum Gasteiger partial charge on any atom is 0.340 e. The molecule has 4 aromatic carbocycles. The third-order valence-electron chi connectivity index (χ3n) is 13.5. The maximum atomic E-state index is 14.2. The zero-order valence-corrected chi connectivity index (χ0v) is 47.2. The highest BCUT2D eigenvalue weighted by Crippen LogP contribution is 2.57. The summed E-state index contributed by atoms with van der Waals surface area (Å²) in [4.78, 5) is 143. The SMILES string of the molecule is COCCOC(=O)CCC(=O)Oc1ccc2c(c1)Oc1cc(OC(=O)CCC(=O)OCCOC)ccc1C21OC(=O)c2c(C(=O)NCCCCCNC(=O)CCC(NC(=O)c3ccc(NCc4cnc5nc(N)[nH]c(=O)c5n4)cc3)C(=O)O)cccc21. The third kappa shape index (κ3) is 16.1. The zero-order valence-electron chi connectivity index (χ0n) is 47.2. The summed E-state index contributed by atoms with van der Waals surface area (Å²) in [6.45, 7) is 0.993. The number of amides is 3. The summed E-state index contributed by atoms with van der Waals surface area (Å²) in [6, 6.07) is 18.2. The Balaban J connectivity index is 0.837. The Labute approximate surface area is 495 Å². The van der Waals surface area contributed by atoms with Crippen LogP contribution in [0.1, 0.15) is 111 Å². The number of nitrogens with two attached hydrogens (primary N) is 1. The second kappa shape index (κ2) is 29.4. The molecule has 2 aliphatic rings. The highest BCUT2D eigenvalue weighted by atomic mass is 16.6. The first-order chi connectivity index (χ1) is 42.0. The maximum absolute atomic E-state index is 14.2. The van der Waals surface area contributed by atoms with Crippen LogP contribution >= 0.6 is 0 Å². The van der Waals surface area contributed by atoms with Gasteiger partial charge in [-0.05, 0) is 80.3 Å². The van der Waals surface area contributed by atoms with Gasteiger partial charge >= 0.3 is 35.8 Å². The van der Waals surface area contributed by atoms with Crippen molar-refractivity contribution in [2.24, 2.45) is 0 Å². The van der Waals surface area contributed by atoms with E-state index in [-0.39, 0.29) is 158 Å². The van der Waals surface area contributed by atoms with Gasteiger partial charge in [0.05, 0.1) is 68.5 Å². The number of fused-ring (bicyclic) bond motifs is 7. The number of carboxylic acids is 1. The lowest BCUT2D eigenvalue weighted by Crippen LogP contribution is -2.41. The van der Waals surface area contributed by atoms with Gasteiger partial charge in [-0.25, -0.2) is 19.6 Å². The summed E-state index contributed by atoms with van der Waals surface area (Å²) >= 11 is 0. The number of aromatic amines is 1. The van der Waals surface area contributed by atoms with E-state index in [0.29, 0.717) is 30.6 Å². The molecule has 1 atom stereocenters. The molecule has 0 saturated heterocycles. The second-order valence-corrected chi connectivity index (χ2v) is 19.6. The Hall–Kier alpha value is -10.4. The summed E-state index contributed by atoms with van der Waals surface area (Å²) in [6.07, 6.45) is 1.43. The summed E-state index contributed by atoms with van der Waals surface area (Å²) in [5.74, 6) is -6.59. The zero-order chi connectivity index (χ0) is 62.0. The van der Waals surface area contributed by atoms with E-state index in [1.54, 1.807) is 24.3 Å². The van der Waals surface area contributed by atoms with Gasteiger partial charge in [-0.3, -0.25) is 43.3 Å². The van der Waals surface area contributed by atoms with Gasteiger partial charge in [-0.2, -0.15) is 4.98 Å². The summed E-state index contributed by atoms with van der Waals surface area (Å²) in [7, 11) is 2.90. The van der Waals surface area contributed by atoms with Crippen molar-refractivity contribution >= 4 is 76.3 Å². The van der Waals surface area contributed by atoms with Crippen LogP contribution in [0.2, 0.25) is 0 Å². The van der Waals surface area contributed by atoms with E-state index in [1.165, 1.54) is 75.0 Å². The third-order valence-corrected chi connectivity index (χ3v) is 13.5. The predicted molar refractivity (Wildman–Crippen MR) is 304 cm³/mol. The van der Waals surface area contributed by atoms with Gasteiger partial charge in [0.2, 0.25) is 11.9 Å². The molecule has 2 aliphatic heterocycles. The molecule has 0 aliphatic carbocycles. The average Bonchev–Trinajstić information content (AvgIpc) is 1.62.